The summed E-state index contributed by atoms with van der Waals surface area (Å²) in [6.07, 6.45) is 0. The van der Waals surface area contributed by atoms with Crippen molar-refractivity contribution in [3.63, 3.8) is 0 Å². The Balaban J connectivity index is 2.10. The van der Waals surface area contributed by atoms with Crippen LogP contribution in [0.3, 0.4) is 0 Å². The van der Waals surface area contributed by atoms with E-state index < -0.39 is 11.9 Å². The second-order valence-corrected chi connectivity index (χ2v) is 5.99. The lowest BCUT2D eigenvalue weighted by atomic mass is 10.1. The molecule has 0 bridgehead atoms. The first-order valence-electron chi connectivity index (χ1n) is 6.09. The van der Waals surface area contributed by atoms with Crippen molar-refractivity contribution in [2.75, 3.05) is 0 Å². The number of carbonyl (C=O) groups excluding carboxylic acids is 1. The molecule has 0 aromatic carbocycles. The van der Waals surface area contributed by atoms with E-state index in [-0.39, 0.29) is 17.6 Å². The molecule has 5 nitrogen and oxygen atoms in total. The molecule has 0 fully saturated rings. The minimum atomic E-state index is -1.19. The third-order valence-electron chi connectivity index (χ3n) is 2.93. The Morgan fingerprint density at radius 1 is 1.30 bits per heavy atom. The van der Waals surface area contributed by atoms with E-state index >= 15 is 0 Å². The second kappa shape index (κ2) is 5.50. The Labute approximate surface area is 120 Å². The Morgan fingerprint density at radius 2 is 1.95 bits per heavy atom. The smallest absolute Gasteiger partial charge is 0.371 e. The summed E-state index contributed by atoms with van der Waals surface area (Å²) >= 11 is 1.68. The molecule has 0 unspecified atom stereocenters. The molecule has 1 atom stereocenters. The van der Waals surface area contributed by atoms with Crippen molar-refractivity contribution < 1.29 is 19.1 Å². The van der Waals surface area contributed by atoms with Gasteiger partial charge in [-0.25, -0.2) is 4.79 Å². The van der Waals surface area contributed by atoms with Crippen molar-refractivity contribution in [3.8, 4) is 0 Å². The molecule has 2 heterocycles. The fourth-order valence-corrected chi connectivity index (χ4v) is 3.02. The predicted molar refractivity (Wildman–Crippen MR) is 75.3 cm³/mol. The summed E-state index contributed by atoms with van der Waals surface area (Å²) in [5.41, 5.74) is 1.06. The van der Waals surface area contributed by atoms with Gasteiger partial charge < -0.3 is 14.8 Å². The van der Waals surface area contributed by atoms with E-state index in [1.807, 2.05) is 26.8 Å². The van der Waals surface area contributed by atoms with Crippen LogP contribution < -0.4 is 5.32 Å². The number of rotatable bonds is 4. The van der Waals surface area contributed by atoms with Crippen LogP contribution in [0.25, 0.3) is 0 Å². The topological polar surface area (TPSA) is 79.5 Å². The van der Waals surface area contributed by atoms with Crippen molar-refractivity contribution >= 4 is 23.2 Å². The largest absolute Gasteiger partial charge is 0.475 e. The van der Waals surface area contributed by atoms with E-state index in [0.717, 1.165) is 10.4 Å². The highest BCUT2D eigenvalue weighted by atomic mass is 32.1. The molecule has 20 heavy (non-hydrogen) atoms. The molecule has 0 aliphatic heterocycles. The average Bonchev–Trinajstić information content (AvgIpc) is 2.95. The van der Waals surface area contributed by atoms with E-state index in [4.69, 9.17) is 9.52 Å². The Morgan fingerprint density at radius 3 is 2.45 bits per heavy atom. The van der Waals surface area contributed by atoms with E-state index in [0.29, 0.717) is 0 Å². The Bertz CT molecular complexity index is 656. The zero-order valence-electron chi connectivity index (χ0n) is 11.4. The molecule has 6 heteroatoms. The number of carboxylic acid groups (broad SMARTS) is 1. The van der Waals surface area contributed by atoms with Gasteiger partial charge in [-0.05, 0) is 44.5 Å². The van der Waals surface area contributed by atoms with Crippen LogP contribution in [0, 0.1) is 13.8 Å². The van der Waals surface area contributed by atoms with E-state index in [1.54, 1.807) is 11.3 Å². The molecule has 0 aliphatic carbocycles. The molecule has 106 valence electrons. The first-order chi connectivity index (χ1) is 9.38. The number of hydrogen-bond donors (Lipinski definition) is 2. The molecular formula is C14H15NO4S. The molecule has 2 N–H and O–H groups in total. The van der Waals surface area contributed by atoms with Crippen molar-refractivity contribution in [1.82, 2.24) is 5.32 Å². The fourth-order valence-electron chi connectivity index (χ4n) is 2.00. The van der Waals surface area contributed by atoms with Crippen LogP contribution in [0.4, 0.5) is 0 Å². The summed E-state index contributed by atoms with van der Waals surface area (Å²) in [5.74, 6) is -1.86. The maximum Gasteiger partial charge on any atom is 0.371 e. The van der Waals surface area contributed by atoms with E-state index in [9.17, 15) is 9.59 Å². The molecule has 0 saturated carbocycles. The molecule has 0 spiro atoms. The zero-order chi connectivity index (χ0) is 14.9. The number of thiophene rings is 1. The first-order valence-corrected chi connectivity index (χ1v) is 6.91. The van der Waals surface area contributed by atoms with Crippen LogP contribution >= 0.6 is 11.3 Å². The van der Waals surface area contributed by atoms with Gasteiger partial charge in [0.15, 0.2) is 5.76 Å². The highest BCUT2D eigenvalue weighted by Gasteiger charge is 2.18. The first kappa shape index (κ1) is 14.3. The van der Waals surface area contributed by atoms with Crippen molar-refractivity contribution in [1.29, 1.82) is 0 Å². The minimum Gasteiger partial charge on any atom is -0.475 e. The van der Waals surface area contributed by atoms with Crippen molar-refractivity contribution in [2.24, 2.45) is 0 Å². The summed E-state index contributed by atoms with van der Waals surface area (Å²) in [4.78, 5) is 25.0. The molecule has 2 aromatic heterocycles. The number of carbonyl (C=O) groups is 2. The van der Waals surface area contributed by atoms with Crippen LogP contribution in [0.2, 0.25) is 0 Å². The van der Waals surface area contributed by atoms with Gasteiger partial charge in [0.05, 0.1) is 6.04 Å². The second-order valence-electron chi connectivity index (χ2n) is 4.53. The van der Waals surface area contributed by atoms with Crippen LogP contribution in [0.5, 0.6) is 0 Å². The highest BCUT2D eigenvalue weighted by molar-refractivity contribution is 7.12. The molecule has 0 radical (unpaired) electrons. The lowest BCUT2D eigenvalue weighted by molar-refractivity contribution is 0.0659. The lowest BCUT2D eigenvalue weighted by Crippen LogP contribution is -2.26. The third-order valence-corrected chi connectivity index (χ3v) is 3.92. The predicted octanol–water partition coefficient (Wildman–Crippen LogP) is 3.15. The number of carboxylic acids is 1. The van der Waals surface area contributed by atoms with Crippen molar-refractivity contribution in [3.05, 3.63) is 45.0 Å². The molecule has 0 aliphatic rings. The molecule has 0 saturated heterocycles. The fraction of sp³-hybridized carbons (Fsp3) is 0.286. The SMILES string of the molecule is Cc1cc([C@H](C)NC(=O)c2ccc(C(=O)O)o2)c(C)s1. The van der Waals surface area contributed by atoms with Crippen LogP contribution in [-0.2, 0) is 0 Å². The quantitative estimate of drug-likeness (QED) is 0.907. The number of hydrogen-bond acceptors (Lipinski definition) is 4. The van der Waals surface area contributed by atoms with Gasteiger partial charge in [-0.1, -0.05) is 0 Å². The average molecular weight is 293 g/mol. The number of amides is 1. The Kier molecular flexibility index (Phi) is 3.94. The Hall–Kier alpha value is -2.08. The van der Waals surface area contributed by atoms with Gasteiger partial charge in [0, 0.05) is 9.75 Å². The van der Waals surface area contributed by atoms with Gasteiger partial charge in [-0.3, -0.25) is 4.79 Å². The molecule has 2 aromatic rings. The number of furan rings is 1. The van der Waals surface area contributed by atoms with Crippen LogP contribution in [-0.4, -0.2) is 17.0 Å². The minimum absolute atomic E-state index is 0.00106. The maximum atomic E-state index is 12.0. The highest BCUT2D eigenvalue weighted by Crippen LogP contribution is 2.26. The summed E-state index contributed by atoms with van der Waals surface area (Å²) in [7, 11) is 0. The zero-order valence-corrected chi connectivity index (χ0v) is 12.2. The number of aryl methyl sites for hydroxylation is 2. The molecule has 2 rings (SSSR count). The van der Waals surface area contributed by atoms with Gasteiger partial charge in [-0.2, -0.15) is 0 Å². The summed E-state index contributed by atoms with van der Waals surface area (Å²) in [6, 6.07) is 4.50. The number of aromatic carboxylic acids is 1. The summed E-state index contributed by atoms with van der Waals surface area (Å²) in [6.45, 7) is 5.90. The van der Waals surface area contributed by atoms with Gasteiger partial charge in [0.1, 0.15) is 0 Å². The van der Waals surface area contributed by atoms with Gasteiger partial charge >= 0.3 is 5.97 Å². The summed E-state index contributed by atoms with van der Waals surface area (Å²) in [5, 5.41) is 11.6. The summed E-state index contributed by atoms with van der Waals surface area (Å²) < 4.78 is 4.97. The van der Waals surface area contributed by atoms with Crippen LogP contribution in [0.15, 0.2) is 22.6 Å². The normalized spacial score (nSPS) is 12.2. The third kappa shape index (κ3) is 2.91. The van der Waals surface area contributed by atoms with Gasteiger partial charge in [0.25, 0.3) is 5.91 Å². The van der Waals surface area contributed by atoms with Gasteiger partial charge in [-0.15, -0.1) is 11.3 Å². The monoisotopic (exact) mass is 293 g/mol. The van der Waals surface area contributed by atoms with E-state index in [2.05, 4.69) is 5.32 Å². The lowest BCUT2D eigenvalue weighted by Gasteiger charge is -2.12. The maximum absolute atomic E-state index is 12.0. The van der Waals surface area contributed by atoms with Gasteiger partial charge in [0.2, 0.25) is 5.76 Å². The van der Waals surface area contributed by atoms with Crippen molar-refractivity contribution in [2.45, 2.75) is 26.8 Å². The standard InChI is InChI=1S/C14H15NO4S/c1-7-6-10(9(3)20-7)8(2)15-13(16)11-4-5-12(19-11)14(17)18/h4-6,8H,1-3H3,(H,15,16)(H,17,18)/t8-/m0/s1. The number of nitrogens with one attached hydrogen (secondary N) is 1. The molecular weight excluding hydrogens is 278 g/mol. The molecule has 1 amide bonds. The van der Waals surface area contributed by atoms with E-state index in [1.165, 1.54) is 17.0 Å². The van der Waals surface area contributed by atoms with Crippen LogP contribution in [0.1, 0.15) is 49.4 Å².